The maximum Gasteiger partial charge on any atom is 0.0443 e. The molecule has 1 saturated heterocycles. The van der Waals surface area contributed by atoms with Crippen molar-refractivity contribution in [2.24, 2.45) is 0 Å². The SMILES string of the molecule is C=Cc1c(C)cccc1N1CC1. The van der Waals surface area contributed by atoms with Crippen molar-refractivity contribution in [1.29, 1.82) is 0 Å². The van der Waals surface area contributed by atoms with Crippen molar-refractivity contribution >= 4 is 11.8 Å². The molecule has 1 nitrogen and oxygen atoms in total. The number of aryl methyl sites for hydroxylation is 1. The lowest BCUT2D eigenvalue weighted by atomic mass is 10.1. The number of nitrogens with zero attached hydrogens (tertiary/aromatic N) is 1. The van der Waals surface area contributed by atoms with Crippen molar-refractivity contribution in [3.8, 4) is 0 Å². The van der Waals surface area contributed by atoms with Gasteiger partial charge in [-0.05, 0) is 18.6 Å². The van der Waals surface area contributed by atoms with Crippen molar-refractivity contribution in [2.45, 2.75) is 6.92 Å². The minimum atomic E-state index is 1.20. The second-order valence-electron chi connectivity index (χ2n) is 3.20. The maximum absolute atomic E-state index is 3.84. The molecule has 0 unspecified atom stereocenters. The first-order valence-electron chi connectivity index (χ1n) is 4.30. The van der Waals surface area contributed by atoms with Crippen molar-refractivity contribution < 1.29 is 0 Å². The van der Waals surface area contributed by atoms with Gasteiger partial charge in [-0.1, -0.05) is 24.8 Å². The first-order valence-corrected chi connectivity index (χ1v) is 4.30. The summed E-state index contributed by atoms with van der Waals surface area (Å²) in [5.41, 5.74) is 3.94. The van der Waals surface area contributed by atoms with E-state index in [4.69, 9.17) is 0 Å². The molecule has 0 atom stereocenters. The minimum absolute atomic E-state index is 1.20. The summed E-state index contributed by atoms with van der Waals surface area (Å²) in [4.78, 5) is 2.35. The predicted octanol–water partition coefficient (Wildman–Crippen LogP) is 2.46. The van der Waals surface area contributed by atoms with Crippen molar-refractivity contribution in [1.82, 2.24) is 0 Å². The van der Waals surface area contributed by atoms with Gasteiger partial charge in [0.05, 0.1) is 0 Å². The van der Waals surface area contributed by atoms with Gasteiger partial charge in [-0.15, -0.1) is 0 Å². The third-order valence-electron chi connectivity index (χ3n) is 2.29. The van der Waals surface area contributed by atoms with Gasteiger partial charge in [0.25, 0.3) is 0 Å². The first-order chi connectivity index (χ1) is 5.83. The van der Waals surface area contributed by atoms with Gasteiger partial charge in [0.15, 0.2) is 0 Å². The standard InChI is InChI=1S/C11H13N/c1-3-10-9(2)5-4-6-11(10)12-7-8-12/h3-6H,1,7-8H2,2H3. The second kappa shape index (κ2) is 2.67. The summed E-state index contributed by atoms with van der Waals surface area (Å²) in [6.07, 6.45) is 1.95. The van der Waals surface area contributed by atoms with Crippen LogP contribution in [-0.4, -0.2) is 13.1 Å². The van der Waals surface area contributed by atoms with Crippen LogP contribution in [-0.2, 0) is 0 Å². The molecule has 0 N–H and O–H groups in total. The Morgan fingerprint density at radius 2 is 2.17 bits per heavy atom. The highest BCUT2D eigenvalue weighted by Gasteiger charge is 2.20. The van der Waals surface area contributed by atoms with Crippen LogP contribution >= 0.6 is 0 Å². The first kappa shape index (κ1) is 7.41. The zero-order valence-corrected chi connectivity index (χ0v) is 7.38. The average Bonchev–Trinajstić information content (AvgIpc) is 2.86. The molecule has 0 radical (unpaired) electrons. The van der Waals surface area contributed by atoms with E-state index in [1.807, 2.05) is 6.08 Å². The highest BCUT2D eigenvalue weighted by molar-refractivity contribution is 5.71. The zero-order chi connectivity index (χ0) is 8.55. The summed E-state index contributed by atoms with van der Waals surface area (Å²) in [5.74, 6) is 0. The molecule has 0 amide bonds. The number of rotatable bonds is 2. The Balaban J connectivity index is 2.50. The number of anilines is 1. The minimum Gasteiger partial charge on any atom is -0.367 e. The molecular weight excluding hydrogens is 146 g/mol. The van der Waals surface area contributed by atoms with E-state index in [0.717, 1.165) is 0 Å². The molecule has 1 aliphatic heterocycles. The molecule has 1 aromatic carbocycles. The van der Waals surface area contributed by atoms with Gasteiger partial charge >= 0.3 is 0 Å². The maximum atomic E-state index is 3.84. The Labute approximate surface area is 73.3 Å². The molecule has 2 rings (SSSR count). The van der Waals surface area contributed by atoms with Crippen LogP contribution in [0.4, 0.5) is 5.69 Å². The smallest absolute Gasteiger partial charge is 0.0443 e. The Bertz CT molecular complexity index is 311. The van der Waals surface area contributed by atoms with Crippen molar-refractivity contribution in [2.75, 3.05) is 18.0 Å². The second-order valence-corrected chi connectivity index (χ2v) is 3.20. The van der Waals surface area contributed by atoms with Gasteiger partial charge in [-0.2, -0.15) is 0 Å². The van der Waals surface area contributed by atoms with Gasteiger partial charge in [0.2, 0.25) is 0 Å². The average molecular weight is 159 g/mol. The number of hydrogen-bond donors (Lipinski definition) is 0. The zero-order valence-electron chi connectivity index (χ0n) is 7.38. The molecular formula is C11H13N. The molecule has 0 spiro atoms. The normalized spacial score (nSPS) is 14.6. The fourth-order valence-electron chi connectivity index (χ4n) is 1.50. The predicted molar refractivity (Wildman–Crippen MR) is 53.5 cm³/mol. The van der Waals surface area contributed by atoms with E-state index in [-0.39, 0.29) is 0 Å². The van der Waals surface area contributed by atoms with Gasteiger partial charge in [-0.3, -0.25) is 0 Å². The summed E-state index contributed by atoms with van der Waals surface area (Å²) < 4.78 is 0. The molecule has 12 heavy (non-hydrogen) atoms. The topological polar surface area (TPSA) is 3.01 Å². The number of hydrogen-bond acceptors (Lipinski definition) is 1. The van der Waals surface area contributed by atoms with Crippen LogP contribution in [0.1, 0.15) is 11.1 Å². The Kier molecular flexibility index (Phi) is 1.65. The Hall–Kier alpha value is -1.24. The lowest BCUT2D eigenvalue weighted by molar-refractivity contribution is 1.34. The van der Waals surface area contributed by atoms with Crippen molar-refractivity contribution in [3.63, 3.8) is 0 Å². The van der Waals surface area contributed by atoms with Crippen LogP contribution in [0.5, 0.6) is 0 Å². The molecule has 0 saturated carbocycles. The van der Waals surface area contributed by atoms with Gasteiger partial charge in [0.1, 0.15) is 0 Å². The van der Waals surface area contributed by atoms with Crippen LogP contribution in [0.3, 0.4) is 0 Å². The molecule has 1 fully saturated rings. The third kappa shape index (κ3) is 1.11. The van der Waals surface area contributed by atoms with Crippen LogP contribution in [0.25, 0.3) is 6.08 Å². The molecule has 1 aromatic rings. The summed E-state index contributed by atoms with van der Waals surface area (Å²) in [7, 11) is 0. The van der Waals surface area contributed by atoms with E-state index in [1.165, 1.54) is 29.9 Å². The molecule has 1 heteroatoms. The van der Waals surface area contributed by atoms with Crippen molar-refractivity contribution in [3.05, 3.63) is 35.9 Å². The summed E-state index contributed by atoms with van der Waals surface area (Å²) in [5, 5.41) is 0. The van der Waals surface area contributed by atoms with Crippen LogP contribution in [0, 0.1) is 6.92 Å². The molecule has 62 valence electrons. The van der Waals surface area contributed by atoms with E-state index in [0.29, 0.717) is 0 Å². The van der Waals surface area contributed by atoms with E-state index in [1.54, 1.807) is 0 Å². The van der Waals surface area contributed by atoms with Gasteiger partial charge < -0.3 is 4.90 Å². The Morgan fingerprint density at radius 3 is 2.75 bits per heavy atom. The third-order valence-corrected chi connectivity index (χ3v) is 2.29. The highest BCUT2D eigenvalue weighted by atomic mass is 15.3. The molecule has 1 aliphatic rings. The van der Waals surface area contributed by atoms with E-state index < -0.39 is 0 Å². The fourth-order valence-corrected chi connectivity index (χ4v) is 1.50. The highest BCUT2D eigenvalue weighted by Crippen LogP contribution is 2.28. The largest absolute Gasteiger partial charge is 0.367 e. The number of benzene rings is 1. The molecule has 0 aromatic heterocycles. The molecule has 0 bridgehead atoms. The molecule has 0 aliphatic carbocycles. The molecule has 1 heterocycles. The summed E-state index contributed by atoms with van der Waals surface area (Å²) >= 11 is 0. The lowest BCUT2D eigenvalue weighted by Crippen LogP contribution is -1.95. The van der Waals surface area contributed by atoms with E-state index in [9.17, 15) is 0 Å². The van der Waals surface area contributed by atoms with Crippen LogP contribution in [0.2, 0.25) is 0 Å². The van der Waals surface area contributed by atoms with Crippen LogP contribution in [0.15, 0.2) is 24.8 Å². The Morgan fingerprint density at radius 1 is 1.42 bits per heavy atom. The lowest BCUT2D eigenvalue weighted by Gasteiger charge is -2.09. The van der Waals surface area contributed by atoms with E-state index >= 15 is 0 Å². The fraction of sp³-hybridized carbons (Fsp3) is 0.273. The quantitative estimate of drug-likeness (QED) is 0.599. The van der Waals surface area contributed by atoms with E-state index in [2.05, 4.69) is 36.6 Å². The van der Waals surface area contributed by atoms with Crippen LogP contribution < -0.4 is 4.90 Å². The monoisotopic (exact) mass is 159 g/mol. The summed E-state index contributed by atoms with van der Waals surface area (Å²) in [6, 6.07) is 6.40. The van der Waals surface area contributed by atoms with Gasteiger partial charge in [0, 0.05) is 24.3 Å². The summed E-state index contributed by atoms with van der Waals surface area (Å²) in [6.45, 7) is 8.36. The van der Waals surface area contributed by atoms with Gasteiger partial charge in [-0.25, -0.2) is 0 Å².